The van der Waals surface area contributed by atoms with Gasteiger partial charge in [0.15, 0.2) is 0 Å². The van der Waals surface area contributed by atoms with E-state index in [1.165, 1.54) is 0 Å². The van der Waals surface area contributed by atoms with Crippen molar-refractivity contribution in [2.24, 2.45) is 0 Å². The summed E-state index contributed by atoms with van der Waals surface area (Å²) < 4.78 is 1.03. The zero-order valence-electron chi connectivity index (χ0n) is 5.74. The average Bonchev–Trinajstić information content (AvgIpc) is 2.32. The quantitative estimate of drug-likeness (QED) is 0.628. The molecule has 0 saturated carbocycles. The molecule has 0 saturated heterocycles. The van der Waals surface area contributed by atoms with E-state index in [1.54, 1.807) is 23.5 Å². The summed E-state index contributed by atoms with van der Waals surface area (Å²) in [6.45, 7) is 0. The topological polar surface area (TPSA) is 46.2 Å². The summed E-state index contributed by atoms with van der Waals surface area (Å²) in [5.74, 6) is 0.291. The van der Waals surface area contributed by atoms with Gasteiger partial charge in [0.05, 0.1) is 5.69 Å². The largest absolute Gasteiger partial charge is 0.508 e. The van der Waals surface area contributed by atoms with Crippen LogP contribution in [0.2, 0.25) is 0 Å². The van der Waals surface area contributed by atoms with Crippen molar-refractivity contribution in [1.82, 2.24) is 0 Å². The van der Waals surface area contributed by atoms with Crippen molar-refractivity contribution >= 4 is 27.1 Å². The molecule has 0 atom stereocenters. The van der Waals surface area contributed by atoms with Crippen molar-refractivity contribution in [2.75, 3.05) is 5.73 Å². The highest BCUT2D eigenvalue weighted by atomic mass is 32.1. The highest BCUT2D eigenvalue weighted by molar-refractivity contribution is 7.17. The Labute approximate surface area is 67.9 Å². The van der Waals surface area contributed by atoms with E-state index in [9.17, 15) is 0 Å². The van der Waals surface area contributed by atoms with E-state index in [0.717, 1.165) is 15.8 Å². The molecule has 0 bridgehead atoms. The molecular weight excluding hydrogens is 158 g/mol. The minimum absolute atomic E-state index is 0.291. The fourth-order valence-electron chi connectivity index (χ4n) is 1.04. The lowest BCUT2D eigenvalue weighted by Crippen LogP contribution is -1.78. The van der Waals surface area contributed by atoms with Crippen LogP contribution < -0.4 is 5.73 Å². The maximum absolute atomic E-state index is 9.11. The van der Waals surface area contributed by atoms with Crippen LogP contribution in [-0.2, 0) is 0 Å². The summed E-state index contributed by atoms with van der Waals surface area (Å²) in [6.07, 6.45) is 0. The predicted octanol–water partition coefficient (Wildman–Crippen LogP) is 2.19. The number of thiophene rings is 1. The number of anilines is 1. The highest BCUT2D eigenvalue weighted by Gasteiger charge is 1.99. The molecule has 3 heteroatoms. The summed E-state index contributed by atoms with van der Waals surface area (Å²) in [7, 11) is 0. The van der Waals surface area contributed by atoms with Crippen LogP contribution in [0.5, 0.6) is 5.75 Å². The third-order valence-corrected chi connectivity index (χ3v) is 2.55. The SMILES string of the molecule is Nc1csc2cc(O)ccc12. The van der Waals surface area contributed by atoms with Crippen molar-refractivity contribution in [3.63, 3.8) is 0 Å². The first kappa shape index (κ1) is 6.49. The molecule has 1 aromatic heterocycles. The monoisotopic (exact) mass is 165 g/mol. The molecule has 1 heterocycles. The van der Waals surface area contributed by atoms with Crippen molar-refractivity contribution < 1.29 is 5.11 Å². The fourth-order valence-corrected chi connectivity index (χ4v) is 1.92. The Balaban J connectivity index is 2.86. The standard InChI is InChI=1S/C8H7NOS/c9-7-4-11-8-3-5(10)1-2-6(7)8/h1-4,10H,9H2. The van der Waals surface area contributed by atoms with E-state index in [1.807, 2.05) is 11.4 Å². The molecule has 11 heavy (non-hydrogen) atoms. The number of nitrogens with two attached hydrogens (primary N) is 1. The van der Waals surface area contributed by atoms with E-state index in [2.05, 4.69) is 0 Å². The molecule has 1 aromatic carbocycles. The summed E-state index contributed by atoms with van der Waals surface area (Å²) in [4.78, 5) is 0. The average molecular weight is 165 g/mol. The number of hydrogen-bond donors (Lipinski definition) is 2. The van der Waals surface area contributed by atoms with E-state index < -0.39 is 0 Å². The van der Waals surface area contributed by atoms with Crippen LogP contribution in [0.15, 0.2) is 23.6 Å². The Hall–Kier alpha value is -1.22. The molecule has 0 unspecified atom stereocenters. The van der Waals surface area contributed by atoms with E-state index in [-0.39, 0.29) is 0 Å². The Bertz CT molecular complexity index is 394. The summed E-state index contributed by atoms with van der Waals surface area (Å²) in [5.41, 5.74) is 6.44. The van der Waals surface area contributed by atoms with Crippen molar-refractivity contribution in [3.8, 4) is 5.75 Å². The first-order chi connectivity index (χ1) is 5.27. The molecule has 0 aliphatic rings. The van der Waals surface area contributed by atoms with Crippen molar-refractivity contribution in [2.45, 2.75) is 0 Å². The number of aromatic hydroxyl groups is 1. The van der Waals surface area contributed by atoms with Gasteiger partial charge < -0.3 is 10.8 Å². The molecule has 0 spiro atoms. The van der Waals surface area contributed by atoms with Crippen molar-refractivity contribution in [1.29, 1.82) is 0 Å². The molecule has 2 aromatic rings. The highest BCUT2D eigenvalue weighted by Crippen LogP contribution is 2.30. The molecule has 0 fully saturated rings. The molecule has 0 amide bonds. The molecule has 56 valence electrons. The maximum atomic E-state index is 9.11. The molecule has 3 N–H and O–H groups in total. The van der Waals surface area contributed by atoms with Crippen LogP contribution in [0.1, 0.15) is 0 Å². The summed E-state index contributed by atoms with van der Waals surface area (Å²) in [6, 6.07) is 5.19. The second-order valence-corrected chi connectivity index (χ2v) is 3.28. The lowest BCUT2D eigenvalue weighted by Gasteiger charge is -1.91. The summed E-state index contributed by atoms with van der Waals surface area (Å²) >= 11 is 1.54. The van der Waals surface area contributed by atoms with Gasteiger partial charge in [0.2, 0.25) is 0 Å². The Morgan fingerprint density at radius 3 is 3.00 bits per heavy atom. The fraction of sp³-hybridized carbons (Fsp3) is 0. The number of hydrogen-bond acceptors (Lipinski definition) is 3. The van der Waals surface area contributed by atoms with Crippen LogP contribution >= 0.6 is 11.3 Å². The molecule has 2 rings (SSSR count). The first-order valence-electron chi connectivity index (χ1n) is 3.23. The van der Waals surface area contributed by atoms with Crippen LogP contribution in [0.4, 0.5) is 5.69 Å². The van der Waals surface area contributed by atoms with E-state index in [0.29, 0.717) is 5.75 Å². The van der Waals surface area contributed by atoms with Gasteiger partial charge in [0.1, 0.15) is 5.75 Å². The number of nitrogen functional groups attached to an aromatic ring is 1. The van der Waals surface area contributed by atoms with Gasteiger partial charge in [-0.05, 0) is 18.2 Å². The van der Waals surface area contributed by atoms with Crippen molar-refractivity contribution in [3.05, 3.63) is 23.6 Å². The van der Waals surface area contributed by atoms with Gasteiger partial charge in [0.25, 0.3) is 0 Å². The normalized spacial score (nSPS) is 10.5. The number of phenols is 1. The third-order valence-electron chi connectivity index (χ3n) is 1.59. The minimum atomic E-state index is 0.291. The number of rotatable bonds is 0. The molecule has 0 aliphatic heterocycles. The zero-order chi connectivity index (χ0) is 7.84. The molecule has 2 nitrogen and oxygen atoms in total. The second kappa shape index (κ2) is 2.13. The van der Waals surface area contributed by atoms with E-state index >= 15 is 0 Å². The van der Waals surface area contributed by atoms with E-state index in [4.69, 9.17) is 10.8 Å². The van der Waals surface area contributed by atoms with Gasteiger partial charge in [-0.15, -0.1) is 11.3 Å². The lowest BCUT2D eigenvalue weighted by molar-refractivity contribution is 0.476. The van der Waals surface area contributed by atoms with Gasteiger partial charge in [-0.2, -0.15) is 0 Å². The summed E-state index contributed by atoms with van der Waals surface area (Å²) in [5, 5.41) is 12.0. The van der Waals surface area contributed by atoms with Crippen LogP contribution in [0, 0.1) is 0 Å². The Morgan fingerprint density at radius 2 is 2.18 bits per heavy atom. The maximum Gasteiger partial charge on any atom is 0.117 e. The first-order valence-corrected chi connectivity index (χ1v) is 4.11. The van der Waals surface area contributed by atoms with Gasteiger partial charge in [0, 0.05) is 15.5 Å². The number of phenolic OH excluding ortho intramolecular Hbond substituents is 1. The van der Waals surface area contributed by atoms with Crippen LogP contribution in [0.25, 0.3) is 10.1 Å². The van der Waals surface area contributed by atoms with Gasteiger partial charge in [-0.1, -0.05) is 0 Å². The van der Waals surface area contributed by atoms with Crippen LogP contribution in [-0.4, -0.2) is 5.11 Å². The Morgan fingerprint density at radius 1 is 1.36 bits per heavy atom. The van der Waals surface area contributed by atoms with Gasteiger partial charge in [-0.3, -0.25) is 0 Å². The van der Waals surface area contributed by atoms with Crippen LogP contribution in [0.3, 0.4) is 0 Å². The zero-order valence-corrected chi connectivity index (χ0v) is 6.56. The van der Waals surface area contributed by atoms with Gasteiger partial charge in [-0.25, -0.2) is 0 Å². The number of fused-ring (bicyclic) bond motifs is 1. The molecule has 0 radical (unpaired) electrons. The smallest absolute Gasteiger partial charge is 0.117 e. The number of benzene rings is 1. The molecular formula is C8H7NOS. The second-order valence-electron chi connectivity index (χ2n) is 2.37. The minimum Gasteiger partial charge on any atom is -0.508 e. The third kappa shape index (κ3) is 0.935. The molecule has 0 aliphatic carbocycles. The Kier molecular flexibility index (Phi) is 1.26. The predicted molar refractivity (Wildman–Crippen MR) is 47.9 cm³/mol. The van der Waals surface area contributed by atoms with Gasteiger partial charge >= 0.3 is 0 Å². The lowest BCUT2D eigenvalue weighted by atomic mass is 10.2.